The molecule has 0 saturated carbocycles. The molecule has 0 fully saturated rings. The summed E-state index contributed by atoms with van der Waals surface area (Å²) < 4.78 is 0. The molecule has 2 nitrogen and oxygen atoms in total. The van der Waals surface area contributed by atoms with Crippen LogP contribution in [0.1, 0.15) is 37.5 Å². The van der Waals surface area contributed by atoms with E-state index in [9.17, 15) is 5.11 Å². The number of anilines is 2. The lowest BCUT2D eigenvalue weighted by atomic mass is 10.1. The largest absolute Gasteiger partial charge is 0.388 e. The minimum absolute atomic E-state index is 0.363. The van der Waals surface area contributed by atoms with Gasteiger partial charge in [-0.3, -0.25) is 0 Å². The van der Waals surface area contributed by atoms with Crippen molar-refractivity contribution in [2.75, 3.05) is 11.4 Å². The molecule has 106 valence electrons. The molecule has 1 atom stereocenters. The molecule has 0 amide bonds. The standard InChI is InChI=1S/C18H23NO/c1-4-18(20)15-10-12-16(13-11-15)19(5-2)17-9-7-6-8-14(17)3/h6-13,18,20H,4-5H2,1-3H3/t18-/m1/s1. The van der Waals surface area contributed by atoms with Crippen molar-refractivity contribution in [3.05, 3.63) is 59.7 Å². The molecule has 0 saturated heterocycles. The van der Waals surface area contributed by atoms with Crippen molar-refractivity contribution < 1.29 is 5.11 Å². The Hall–Kier alpha value is -1.80. The Kier molecular flexibility index (Phi) is 4.80. The van der Waals surface area contributed by atoms with Crippen molar-refractivity contribution in [1.29, 1.82) is 0 Å². The lowest BCUT2D eigenvalue weighted by Crippen LogP contribution is -2.17. The van der Waals surface area contributed by atoms with Gasteiger partial charge in [-0.1, -0.05) is 37.3 Å². The summed E-state index contributed by atoms with van der Waals surface area (Å²) in [6.45, 7) is 7.19. The smallest absolute Gasteiger partial charge is 0.0787 e. The number of aryl methyl sites for hydroxylation is 1. The molecular formula is C18H23NO. The highest BCUT2D eigenvalue weighted by Gasteiger charge is 2.10. The fourth-order valence-electron chi connectivity index (χ4n) is 2.47. The van der Waals surface area contributed by atoms with Crippen LogP contribution in [0.15, 0.2) is 48.5 Å². The Bertz CT molecular complexity index is 548. The average molecular weight is 269 g/mol. The zero-order valence-electron chi connectivity index (χ0n) is 12.5. The number of aliphatic hydroxyl groups excluding tert-OH is 1. The third-order valence-electron chi connectivity index (χ3n) is 3.70. The van der Waals surface area contributed by atoms with Gasteiger partial charge in [0.2, 0.25) is 0 Å². The second kappa shape index (κ2) is 6.58. The first-order chi connectivity index (χ1) is 9.67. The summed E-state index contributed by atoms with van der Waals surface area (Å²) in [6.07, 6.45) is 0.381. The van der Waals surface area contributed by atoms with Crippen molar-refractivity contribution in [2.45, 2.75) is 33.3 Å². The van der Waals surface area contributed by atoms with Crippen LogP contribution in [0, 0.1) is 6.92 Å². The molecule has 1 N–H and O–H groups in total. The van der Waals surface area contributed by atoms with Crippen LogP contribution in [0.4, 0.5) is 11.4 Å². The number of benzene rings is 2. The second-order valence-electron chi connectivity index (χ2n) is 5.05. The van der Waals surface area contributed by atoms with Gasteiger partial charge < -0.3 is 10.0 Å². The maximum atomic E-state index is 9.86. The van der Waals surface area contributed by atoms with Crippen LogP contribution in [0.25, 0.3) is 0 Å². The molecule has 2 heteroatoms. The Labute approximate surface area is 121 Å². The molecule has 0 heterocycles. The SMILES string of the molecule is CC[C@@H](O)c1ccc(N(CC)c2ccccc2C)cc1. The normalized spacial score (nSPS) is 12.2. The topological polar surface area (TPSA) is 23.5 Å². The van der Waals surface area contributed by atoms with Gasteiger partial charge in [-0.05, 0) is 49.6 Å². The number of rotatable bonds is 5. The fraction of sp³-hybridized carbons (Fsp3) is 0.333. The van der Waals surface area contributed by atoms with E-state index in [1.54, 1.807) is 0 Å². The number of para-hydroxylation sites is 1. The van der Waals surface area contributed by atoms with Crippen LogP contribution in [0.3, 0.4) is 0 Å². The van der Waals surface area contributed by atoms with Crippen molar-refractivity contribution in [3.63, 3.8) is 0 Å². The zero-order chi connectivity index (χ0) is 14.5. The number of aliphatic hydroxyl groups is 1. The fourth-order valence-corrected chi connectivity index (χ4v) is 2.47. The first kappa shape index (κ1) is 14.6. The van der Waals surface area contributed by atoms with Crippen molar-refractivity contribution in [3.8, 4) is 0 Å². The summed E-state index contributed by atoms with van der Waals surface area (Å²) in [5, 5.41) is 9.86. The first-order valence-corrected chi connectivity index (χ1v) is 7.28. The molecule has 0 bridgehead atoms. The van der Waals surface area contributed by atoms with Crippen LogP contribution < -0.4 is 4.90 Å². The van der Waals surface area contributed by atoms with Crippen LogP contribution >= 0.6 is 0 Å². The van der Waals surface area contributed by atoms with Gasteiger partial charge in [0.05, 0.1) is 6.10 Å². The van der Waals surface area contributed by atoms with Crippen molar-refractivity contribution >= 4 is 11.4 Å². The van der Waals surface area contributed by atoms with Gasteiger partial charge in [0.1, 0.15) is 0 Å². The van der Waals surface area contributed by atoms with E-state index in [4.69, 9.17) is 0 Å². The summed E-state index contributed by atoms with van der Waals surface area (Å²) in [4.78, 5) is 2.29. The maximum absolute atomic E-state index is 9.86. The molecule has 2 rings (SSSR count). The Balaban J connectivity index is 2.31. The second-order valence-corrected chi connectivity index (χ2v) is 5.05. The molecule has 2 aromatic rings. The average Bonchev–Trinajstić information content (AvgIpc) is 2.50. The first-order valence-electron chi connectivity index (χ1n) is 7.28. The van der Waals surface area contributed by atoms with E-state index in [0.717, 1.165) is 24.2 Å². The third kappa shape index (κ3) is 3.02. The zero-order valence-corrected chi connectivity index (χ0v) is 12.5. The Morgan fingerprint density at radius 2 is 1.65 bits per heavy atom. The molecule has 0 aliphatic rings. The molecule has 0 aliphatic heterocycles. The molecule has 0 unspecified atom stereocenters. The van der Waals surface area contributed by atoms with Gasteiger partial charge in [-0.2, -0.15) is 0 Å². The van der Waals surface area contributed by atoms with Gasteiger partial charge in [0.25, 0.3) is 0 Å². The van der Waals surface area contributed by atoms with E-state index in [2.05, 4.69) is 55.1 Å². The molecule has 0 aromatic heterocycles. The minimum Gasteiger partial charge on any atom is -0.388 e. The molecule has 0 radical (unpaired) electrons. The monoisotopic (exact) mass is 269 g/mol. The molecule has 2 aromatic carbocycles. The van der Waals surface area contributed by atoms with Crippen LogP contribution in [0.5, 0.6) is 0 Å². The summed E-state index contributed by atoms with van der Waals surface area (Å²) in [5.74, 6) is 0. The number of nitrogens with zero attached hydrogens (tertiary/aromatic N) is 1. The summed E-state index contributed by atoms with van der Waals surface area (Å²) in [6, 6.07) is 16.6. The van der Waals surface area contributed by atoms with E-state index in [-0.39, 0.29) is 6.10 Å². The molecule has 0 spiro atoms. The lowest BCUT2D eigenvalue weighted by molar-refractivity contribution is 0.173. The molecule has 0 aliphatic carbocycles. The van der Waals surface area contributed by atoms with Gasteiger partial charge in [-0.15, -0.1) is 0 Å². The molecule has 20 heavy (non-hydrogen) atoms. The third-order valence-corrected chi connectivity index (χ3v) is 3.70. The van der Waals surface area contributed by atoms with Crippen molar-refractivity contribution in [2.24, 2.45) is 0 Å². The van der Waals surface area contributed by atoms with E-state index in [1.165, 1.54) is 11.3 Å². The van der Waals surface area contributed by atoms with Gasteiger partial charge in [0.15, 0.2) is 0 Å². The van der Waals surface area contributed by atoms with Gasteiger partial charge in [0, 0.05) is 17.9 Å². The highest BCUT2D eigenvalue weighted by Crippen LogP contribution is 2.29. The summed E-state index contributed by atoms with van der Waals surface area (Å²) >= 11 is 0. The highest BCUT2D eigenvalue weighted by atomic mass is 16.3. The molecular weight excluding hydrogens is 246 g/mol. The van der Waals surface area contributed by atoms with Crippen molar-refractivity contribution in [1.82, 2.24) is 0 Å². The van der Waals surface area contributed by atoms with E-state index in [1.807, 2.05) is 19.1 Å². The van der Waals surface area contributed by atoms with E-state index in [0.29, 0.717) is 0 Å². The number of hydrogen-bond donors (Lipinski definition) is 1. The predicted molar refractivity (Wildman–Crippen MR) is 85.6 cm³/mol. The summed E-state index contributed by atoms with van der Waals surface area (Å²) in [7, 11) is 0. The van der Waals surface area contributed by atoms with E-state index >= 15 is 0 Å². The predicted octanol–water partition coefficient (Wildman–Crippen LogP) is 4.60. The Morgan fingerprint density at radius 1 is 1.00 bits per heavy atom. The van der Waals surface area contributed by atoms with Gasteiger partial charge in [-0.25, -0.2) is 0 Å². The van der Waals surface area contributed by atoms with E-state index < -0.39 is 0 Å². The lowest BCUT2D eigenvalue weighted by Gasteiger charge is -2.25. The van der Waals surface area contributed by atoms with Crippen LogP contribution in [0.2, 0.25) is 0 Å². The summed E-state index contributed by atoms with van der Waals surface area (Å²) in [5.41, 5.74) is 4.65. The number of hydrogen-bond acceptors (Lipinski definition) is 2. The highest BCUT2D eigenvalue weighted by molar-refractivity contribution is 5.66. The van der Waals surface area contributed by atoms with Crippen LogP contribution in [-0.4, -0.2) is 11.7 Å². The van der Waals surface area contributed by atoms with Crippen LogP contribution in [-0.2, 0) is 0 Å². The maximum Gasteiger partial charge on any atom is 0.0787 e. The van der Waals surface area contributed by atoms with Gasteiger partial charge >= 0.3 is 0 Å². The minimum atomic E-state index is -0.363. The Morgan fingerprint density at radius 3 is 2.20 bits per heavy atom. The quantitative estimate of drug-likeness (QED) is 0.857.